The van der Waals surface area contributed by atoms with E-state index in [0.29, 0.717) is 0 Å². The van der Waals surface area contributed by atoms with Crippen molar-refractivity contribution in [1.29, 1.82) is 0 Å². The van der Waals surface area contributed by atoms with Crippen LogP contribution in [0.5, 0.6) is 0 Å². The van der Waals surface area contributed by atoms with Crippen LogP contribution in [-0.2, 0) is 24.8 Å². The van der Waals surface area contributed by atoms with Crippen LogP contribution in [0.1, 0.15) is 99.1 Å². The van der Waals surface area contributed by atoms with Gasteiger partial charge in [0.1, 0.15) is 0 Å². The molecule has 1 radical (unpaired) electrons. The largest absolute Gasteiger partial charge is 0.769 e. The fourth-order valence-electron chi connectivity index (χ4n) is 6.55. The van der Waals surface area contributed by atoms with Crippen LogP contribution in [0.4, 0.5) is 0 Å². The summed E-state index contributed by atoms with van der Waals surface area (Å²) in [6.45, 7) is 6.83. The van der Waals surface area contributed by atoms with Crippen molar-refractivity contribution >= 4 is 17.5 Å². The SMILES string of the molecule is C[C@H]1CC=C(C2=[C-]CCCC2)[N-]C1.[2H]C([2H])([2H])C1=NC2OC3=C([C@H]4CC=C5C=C(C([2H])([2H])C(C)(C)C)S[C@H]5[N-]4)[CH-]CCC3C2C=C1.[Ir]. The molecule has 0 saturated carbocycles. The average Bonchev–Trinajstić information content (AvgIpc) is 3.62. The van der Waals surface area contributed by atoms with Gasteiger partial charge in [-0.15, -0.1) is 37.2 Å². The molecule has 7 aliphatic rings. The molecule has 1 fully saturated rings. The van der Waals surface area contributed by atoms with Crippen LogP contribution in [0.25, 0.3) is 10.6 Å². The number of rotatable bonds is 3. The van der Waals surface area contributed by atoms with E-state index in [0.717, 1.165) is 60.0 Å². The molecule has 0 spiro atoms. The summed E-state index contributed by atoms with van der Waals surface area (Å²) >= 11 is 1.52. The van der Waals surface area contributed by atoms with Gasteiger partial charge in [0.15, 0.2) is 6.23 Å². The van der Waals surface area contributed by atoms with Gasteiger partial charge in [0, 0.05) is 38.6 Å². The molecule has 231 valence electrons. The summed E-state index contributed by atoms with van der Waals surface area (Å²) < 4.78 is 46.6. The Morgan fingerprint density at radius 2 is 2.14 bits per heavy atom. The Morgan fingerprint density at radius 3 is 2.88 bits per heavy atom. The Morgan fingerprint density at radius 1 is 1.26 bits per heavy atom. The molecule has 5 heterocycles. The van der Waals surface area contributed by atoms with Crippen molar-refractivity contribution in [2.45, 2.75) is 110 Å². The minimum atomic E-state index is -2.23. The Balaban J connectivity index is 0.000000260. The summed E-state index contributed by atoms with van der Waals surface area (Å²) in [5.74, 6) is 1.93. The summed E-state index contributed by atoms with van der Waals surface area (Å²) in [5, 5.41) is 9.61. The molecule has 0 aromatic rings. The van der Waals surface area contributed by atoms with E-state index in [9.17, 15) is 0 Å². The first-order valence-electron chi connectivity index (χ1n) is 18.0. The van der Waals surface area contributed by atoms with Crippen LogP contribution in [0, 0.1) is 35.7 Å². The third-order valence-corrected chi connectivity index (χ3v) is 9.70. The number of hydrogen-bond donors (Lipinski definition) is 0. The molecular weight excluding hydrogens is 715 g/mol. The maximum absolute atomic E-state index is 8.64. The van der Waals surface area contributed by atoms with Gasteiger partial charge in [-0.1, -0.05) is 94.9 Å². The molecule has 42 heavy (non-hydrogen) atoms. The first-order valence-corrected chi connectivity index (χ1v) is 16.4. The minimum absolute atomic E-state index is 0. The quantitative estimate of drug-likeness (QED) is 0.269. The predicted octanol–water partition coefficient (Wildman–Crippen LogP) is 9.91. The zero-order valence-electron chi connectivity index (χ0n) is 30.3. The summed E-state index contributed by atoms with van der Waals surface area (Å²) in [4.78, 5) is 5.18. The van der Waals surface area contributed by atoms with E-state index >= 15 is 0 Å². The van der Waals surface area contributed by atoms with Crippen molar-refractivity contribution in [3.05, 3.63) is 86.6 Å². The zero-order valence-corrected chi connectivity index (χ0v) is 28.5. The molecule has 6 atom stereocenters. The molecule has 0 N–H and O–H groups in total. The van der Waals surface area contributed by atoms with Crippen LogP contribution >= 0.6 is 11.8 Å². The van der Waals surface area contributed by atoms with E-state index in [1.165, 1.54) is 48.7 Å². The maximum Gasteiger partial charge on any atom is 0.175 e. The van der Waals surface area contributed by atoms with Crippen LogP contribution in [0.3, 0.4) is 0 Å². The Labute approximate surface area is 279 Å². The van der Waals surface area contributed by atoms with Crippen molar-refractivity contribution in [3.63, 3.8) is 0 Å². The number of thioether (sulfide) groups is 1. The second-order valence-electron chi connectivity index (χ2n) is 13.3. The van der Waals surface area contributed by atoms with Crippen molar-refractivity contribution < 1.29 is 31.7 Å². The zero-order chi connectivity index (χ0) is 32.9. The van der Waals surface area contributed by atoms with Gasteiger partial charge in [-0.3, -0.25) is 6.08 Å². The van der Waals surface area contributed by atoms with Crippen LogP contribution in [0.15, 0.2) is 68.5 Å². The number of hydrogen-bond acceptors (Lipinski definition) is 3. The number of dihydropyridines is 1. The van der Waals surface area contributed by atoms with Crippen molar-refractivity contribution in [2.24, 2.45) is 28.2 Å². The third kappa shape index (κ3) is 7.42. The van der Waals surface area contributed by atoms with E-state index < -0.39 is 24.9 Å². The van der Waals surface area contributed by atoms with Crippen LogP contribution < -0.4 is 0 Å². The van der Waals surface area contributed by atoms with Gasteiger partial charge in [0.25, 0.3) is 0 Å². The normalized spacial score (nSPS) is 35.7. The van der Waals surface area contributed by atoms with Crippen LogP contribution in [0.2, 0.25) is 0 Å². The fourth-order valence-corrected chi connectivity index (χ4v) is 7.87. The molecular formula is C36H47IrN3OS-4. The van der Waals surface area contributed by atoms with Gasteiger partial charge in [0.05, 0.1) is 0 Å². The Hall–Kier alpha value is -1.46. The molecule has 6 heteroatoms. The standard InChI is InChI=1S/C24H30N2OS.C12H17N.Ir/c1-14-8-10-18-17-6-5-7-19(21(17)27-22(18)25-14)20-11-9-15-12-16(13-24(2,3)4)28-23(15)26-20;1-10-7-8-12(13-9-10)11-5-3-2-4-6-11;/h7-10,12,17-18,20,22-23H,5-6,11,13H2,1-4H3;8,10H,2-5,7,9H2,1H3;/q2*-2;/t17?,18?,20-,22?,23-;10-;/m10./s1/i1D3,13D2;;. The summed E-state index contributed by atoms with van der Waals surface area (Å²) in [6.07, 6.45) is 22.7. The first kappa shape index (κ1) is 25.8. The second kappa shape index (κ2) is 13.7. The molecule has 7 rings (SSSR count). The molecule has 0 aromatic heterocycles. The van der Waals surface area contributed by atoms with E-state index in [1.54, 1.807) is 6.08 Å². The second-order valence-corrected chi connectivity index (χ2v) is 14.4. The first-order chi connectivity index (χ1) is 21.7. The molecule has 4 nitrogen and oxygen atoms in total. The summed E-state index contributed by atoms with van der Waals surface area (Å²) in [6, 6.07) is -0.0347. The molecule has 1 saturated heterocycles. The smallest absolute Gasteiger partial charge is 0.175 e. The number of ether oxygens (including phenoxy) is 1. The Kier molecular flexibility index (Phi) is 8.41. The molecule has 0 aromatic carbocycles. The number of allylic oxidation sites excluding steroid dienone is 6. The van der Waals surface area contributed by atoms with E-state index in [2.05, 4.69) is 41.9 Å². The molecule has 5 aliphatic heterocycles. The maximum atomic E-state index is 8.64. The average molecular weight is 767 g/mol. The Bertz CT molecular complexity index is 1420. The van der Waals surface area contributed by atoms with Gasteiger partial charge in [-0.2, -0.15) is 11.6 Å². The van der Waals surface area contributed by atoms with Crippen molar-refractivity contribution in [3.8, 4) is 0 Å². The van der Waals surface area contributed by atoms with E-state index in [-0.39, 0.29) is 49.1 Å². The third-order valence-electron chi connectivity index (χ3n) is 8.61. The predicted molar refractivity (Wildman–Crippen MR) is 173 cm³/mol. The number of fused-ring (bicyclic) bond motifs is 4. The van der Waals surface area contributed by atoms with E-state index in [1.807, 2.05) is 32.9 Å². The van der Waals surface area contributed by atoms with Crippen LogP contribution in [-0.4, -0.2) is 29.9 Å². The van der Waals surface area contributed by atoms with Gasteiger partial charge >= 0.3 is 0 Å². The van der Waals surface area contributed by atoms with Gasteiger partial charge in [-0.25, -0.2) is 17.0 Å². The minimum Gasteiger partial charge on any atom is -0.769 e. The van der Waals surface area contributed by atoms with Gasteiger partial charge < -0.3 is 21.1 Å². The molecule has 0 amide bonds. The number of nitrogens with zero attached hydrogens (tertiary/aromatic N) is 3. The van der Waals surface area contributed by atoms with Crippen molar-refractivity contribution in [2.75, 3.05) is 6.54 Å². The van der Waals surface area contributed by atoms with Crippen molar-refractivity contribution in [1.82, 2.24) is 0 Å². The fraction of sp³-hybridized carbons (Fsp3) is 0.611. The van der Waals surface area contributed by atoms with Gasteiger partial charge in [-0.05, 0) is 47.7 Å². The molecule has 2 aliphatic carbocycles. The van der Waals surface area contributed by atoms with E-state index in [4.69, 9.17) is 16.9 Å². The summed E-state index contributed by atoms with van der Waals surface area (Å²) in [5.41, 5.74) is 4.44. The molecule has 0 bridgehead atoms. The topological polar surface area (TPSA) is 49.8 Å². The molecule has 3 unspecified atom stereocenters. The number of aliphatic imine (C=N–C) groups is 1. The van der Waals surface area contributed by atoms with Gasteiger partial charge in [0.2, 0.25) is 0 Å². The summed E-state index contributed by atoms with van der Waals surface area (Å²) in [7, 11) is 0. The monoisotopic (exact) mass is 767 g/mol.